The third-order valence-corrected chi connectivity index (χ3v) is 3.51. The summed E-state index contributed by atoms with van der Waals surface area (Å²) in [4.78, 5) is 11.9. The number of halogens is 1. The van der Waals surface area contributed by atoms with E-state index in [1.54, 1.807) is 0 Å². The van der Waals surface area contributed by atoms with Crippen molar-refractivity contribution in [2.75, 3.05) is 11.9 Å². The van der Waals surface area contributed by atoms with Crippen LogP contribution in [0, 0.1) is 13.8 Å². The number of nitrogens with one attached hydrogen (secondary N) is 1. The van der Waals surface area contributed by atoms with Gasteiger partial charge in [0.05, 0.1) is 4.47 Å². The van der Waals surface area contributed by atoms with Crippen molar-refractivity contribution in [2.45, 2.75) is 13.8 Å². The van der Waals surface area contributed by atoms with Crippen molar-refractivity contribution >= 4 is 27.5 Å². The highest BCUT2D eigenvalue weighted by molar-refractivity contribution is 9.10. The Balaban J connectivity index is 1.94. The molecule has 20 heavy (non-hydrogen) atoms. The van der Waals surface area contributed by atoms with Crippen LogP contribution in [0.5, 0.6) is 5.75 Å². The van der Waals surface area contributed by atoms with E-state index < -0.39 is 0 Å². The Morgan fingerprint density at radius 1 is 1.20 bits per heavy atom. The molecule has 0 radical (unpaired) electrons. The zero-order chi connectivity index (χ0) is 14.5. The van der Waals surface area contributed by atoms with Crippen LogP contribution in [-0.2, 0) is 4.79 Å². The van der Waals surface area contributed by atoms with Crippen molar-refractivity contribution in [2.24, 2.45) is 0 Å². The van der Waals surface area contributed by atoms with Crippen molar-refractivity contribution in [1.29, 1.82) is 0 Å². The summed E-state index contributed by atoms with van der Waals surface area (Å²) in [6.45, 7) is 3.97. The van der Waals surface area contributed by atoms with Crippen LogP contribution in [-0.4, -0.2) is 12.5 Å². The maximum atomic E-state index is 11.9. The number of carbonyl (C=O) groups excluding carboxylic acids is 1. The molecule has 1 N–H and O–H groups in total. The fourth-order valence-electron chi connectivity index (χ4n) is 1.85. The number of ether oxygens (including phenoxy) is 1. The second-order valence-electron chi connectivity index (χ2n) is 4.59. The first-order valence-corrected chi connectivity index (χ1v) is 7.10. The predicted molar refractivity (Wildman–Crippen MR) is 84.2 cm³/mol. The number of hydrogen-bond acceptors (Lipinski definition) is 2. The minimum atomic E-state index is -0.173. The Morgan fingerprint density at radius 2 is 1.95 bits per heavy atom. The molecule has 0 aliphatic rings. The molecule has 1 amide bonds. The van der Waals surface area contributed by atoms with Gasteiger partial charge in [-0.25, -0.2) is 0 Å². The van der Waals surface area contributed by atoms with Crippen molar-refractivity contribution in [3.8, 4) is 5.75 Å². The standard InChI is InChI=1S/C16H16BrNO2/c1-11-7-8-14(12(2)9-11)18-16(19)10-20-15-6-4-3-5-13(15)17/h3-9H,10H2,1-2H3,(H,18,19). The van der Waals surface area contributed by atoms with Crippen LogP contribution < -0.4 is 10.1 Å². The average molecular weight is 334 g/mol. The molecule has 0 aliphatic carbocycles. The Hall–Kier alpha value is -1.81. The van der Waals surface area contributed by atoms with Gasteiger partial charge in [0, 0.05) is 5.69 Å². The van der Waals surface area contributed by atoms with Crippen LogP contribution in [0.2, 0.25) is 0 Å². The molecule has 0 aliphatic heterocycles. The van der Waals surface area contributed by atoms with Gasteiger partial charge in [0.1, 0.15) is 5.75 Å². The van der Waals surface area contributed by atoms with Gasteiger partial charge in [0.2, 0.25) is 0 Å². The largest absolute Gasteiger partial charge is 0.483 e. The number of amides is 1. The van der Waals surface area contributed by atoms with Gasteiger partial charge in [-0.3, -0.25) is 4.79 Å². The van der Waals surface area contributed by atoms with Crippen LogP contribution >= 0.6 is 15.9 Å². The minimum Gasteiger partial charge on any atom is -0.483 e. The maximum absolute atomic E-state index is 11.9. The van der Waals surface area contributed by atoms with E-state index in [9.17, 15) is 4.79 Å². The third kappa shape index (κ3) is 3.84. The molecule has 0 aromatic heterocycles. The molecule has 0 unspecified atom stereocenters. The molecule has 0 bridgehead atoms. The van der Waals surface area contributed by atoms with Crippen molar-refractivity contribution < 1.29 is 9.53 Å². The molecule has 2 rings (SSSR count). The van der Waals surface area contributed by atoms with E-state index in [0.717, 1.165) is 15.7 Å². The van der Waals surface area contributed by atoms with E-state index in [-0.39, 0.29) is 12.5 Å². The Morgan fingerprint density at radius 3 is 2.65 bits per heavy atom. The minimum absolute atomic E-state index is 0.0179. The first-order valence-electron chi connectivity index (χ1n) is 6.30. The Labute approximate surface area is 127 Å². The molecule has 0 saturated heterocycles. The zero-order valence-corrected chi connectivity index (χ0v) is 13.0. The van der Waals surface area contributed by atoms with Crippen LogP contribution in [0.15, 0.2) is 46.9 Å². The van der Waals surface area contributed by atoms with Gasteiger partial charge in [-0.05, 0) is 53.5 Å². The Bertz CT molecular complexity index is 626. The van der Waals surface area contributed by atoms with E-state index in [4.69, 9.17) is 4.74 Å². The highest BCUT2D eigenvalue weighted by Gasteiger charge is 2.07. The molecular formula is C16H16BrNO2. The summed E-state index contributed by atoms with van der Waals surface area (Å²) in [7, 11) is 0. The van der Waals surface area contributed by atoms with Crippen molar-refractivity contribution in [1.82, 2.24) is 0 Å². The van der Waals surface area contributed by atoms with Crippen molar-refractivity contribution in [3.63, 3.8) is 0 Å². The lowest BCUT2D eigenvalue weighted by atomic mass is 10.1. The van der Waals surface area contributed by atoms with E-state index >= 15 is 0 Å². The van der Waals surface area contributed by atoms with Gasteiger partial charge in [-0.1, -0.05) is 29.8 Å². The third-order valence-electron chi connectivity index (χ3n) is 2.85. The summed E-state index contributed by atoms with van der Waals surface area (Å²) in [6.07, 6.45) is 0. The summed E-state index contributed by atoms with van der Waals surface area (Å²) >= 11 is 3.38. The number of carbonyl (C=O) groups is 1. The van der Waals surface area contributed by atoms with Gasteiger partial charge >= 0.3 is 0 Å². The molecular weight excluding hydrogens is 318 g/mol. The first-order chi connectivity index (χ1) is 9.56. The van der Waals surface area contributed by atoms with Gasteiger partial charge < -0.3 is 10.1 Å². The monoisotopic (exact) mass is 333 g/mol. The summed E-state index contributed by atoms with van der Waals surface area (Å²) < 4.78 is 6.31. The van der Waals surface area contributed by atoms with Gasteiger partial charge in [-0.15, -0.1) is 0 Å². The summed E-state index contributed by atoms with van der Waals surface area (Å²) in [5.74, 6) is 0.482. The van der Waals surface area contributed by atoms with E-state index in [0.29, 0.717) is 5.75 Å². The van der Waals surface area contributed by atoms with Crippen LogP contribution in [0.1, 0.15) is 11.1 Å². The molecule has 3 nitrogen and oxygen atoms in total. The molecule has 0 fully saturated rings. The highest BCUT2D eigenvalue weighted by Crippen LogP contribution is 2.23. The van der Waals surface area contributed by atoms with Crippen LogP contribution in [0.25, 0.3) is 0 Å². The first kappa shape index (κ1) is 14.6. The summed E-state index contributed by atoms with van der Waals surface area (Å²) in [5.41, 5.74) is 3.03. The van der Waals surface area contributed by atoms with Crippen molar-refractivity contribution in [3.05, 3.63) is 58.1 Å². The molecule has 104 valence electrons. The molecule has 2 aromatic rings. The number of rotatable bonds is 4. The van der Waals surface area contributed by atoms with E-state index in [1.165, 1.54) is 5.56 Å². The molecule has 2 aromatic carbocycles. The van der Waals surface area contributed by atoms with E-state index in [1.807, 2.05) is 56.3 Å². The zero-order valence-electron chi connectivity index (χ0n) is 11.4. The van der Waals surface area contributed by atoms with Gasteiger partial charge in [-0.2, -0.15) is 0 Å². The second-order valence-corrected chi connectivity index (χ2v) is 5.44. The lowest BCUT2D eigenvalue weighted by molar-refractivity contribution is -0.118. The number of para-hydroxylation sites is 1. The predicted octanol–water partition coefficient (Wildman–Crippen LogP) is 4.08. The van der Waals surface area contributed by atoms with Crippen LogP contribution in [0.4, 0.5) is 5.69 Å². The second kappa shape index (κ2) is 6.57. The van der Waals surface area contributed by atoms with E-state index in [2.05, 4.69) is 21.2 Å². The fraction of sp³-hybridized carbons (Fsp3) is 0.188. The molecule has 0 spiro atoms. The summed E-state index contributed by atoms with van der Waals surface area (Å²) in [6, 6.07) is 13.4. The van der Waals surface area contributed by atoms with Crippen LogP contribution in [0.3, 0.4) is 0 Å². The fourth-order valence-corrected chi connectivity index (χ4v) is 2.24. The average Bonchev–Trinajstić information content (AvgIpc) is 2.41. The lowest BCUT2D eigenvalue weighted by Gasteiger charge is -2.11. The molecule has 4 heteroatoms. The molecule has 0 heterocycles. The number of hydrogen-bond donors (Lipinski definition) is 1. The number of benzene rings is 2. The summed E-state index contributed by atoms with van der Waals surface area (Å²) in [5, 5.41) is 2.85. The molecule has 0 saturated carbocycles. The number of anilines is 1. The normalized spacial score (nSPS) is 10.2. The maximum Gasteiger partial charge on any atom is 0.262 e. The lowest BCUT2D eigenvalue weighted by Crippen LogP contribution is -2.20. The topological polar surface area (TPSA) is 38.3 Å². The quantitative estimate of drug-likeness (QED) is 0.915. The highest BCUT2D eigenvalue weighted by atomic mass is 79.9. The van der Waals surface area contributed by atoms with Gasteiger partial charge in [0.15, 0.2) is 6.61 Å². The SMILES string of the molecule is Cc1ccc(NC(=O)COc2ccccc2Br)c(C)c1. The Kier molecular flexibility index (Phi) is 4.79. The molecule has 0 atom stereocenters. The smallest absolute Gasteiger partial charge is 0.262 e. The van der Waals surface area contributed by atoms with Gasteiger partial charge in [0.25, 0.3) is 5.91 Å². The number of aryl methyl sites for hydroxylation is 2.